The Bertz CT molecular complexity index is 350. The molecule has 3 heteroatoms. The van der Waals surface area contributed by atoms with Gasteiger partial charge in [-0.1, -0.05) is 32.0 Å². The minimum Gasteiger partial charge on any atom is -0.491 e. The molecule has 0 radical (unpaired) electrons. The summed E-state index contributed by atoms with van der Waals surface area (Å²) in [6.07, 6.45) is -0.440. The average molecular weight is 221 g/mol. The summed E-state index contributed by atoms with van der Waals surface area (Å²) in [5, 5.41) is 10.3. The SMILES string of the molecule is CCN(CC)C1COc2ccccc2C1O. The Kier molecular flexibility index (Phi) is 3.46. The van der Waals surface area contributed by atoms with Crippen molar-refractivity contribution < 1.29 is 9.84 Å². The number of ether oxygens (including phenoxy) is 1. The van der Waals surface area contributed by atoms with E-state index in [9.17, 15) is 5.11 Å². The minimum atomic E-state index is -0.440. The number of fused-ring (bicyclic) bond motifs is 1. The van der Waals surface area contributed by atoms with E-state index >= 15 is 0 Å². The zero-order valence-corrected chi connectivity index (χ0v) is 9.89. The first kappa shape index (κ1) is 11.4. The van der Waals surface area contributed by atoms with E-state index in [-0.39, 0.29) is 6.04 Å². The normalized spacial score (nSPS) is 24.0. The topological polar surface area (TPSA) is 32.7 Å². The van der Waals surface area contributed by atoms with Crippen LogP contribution < -0.4 is 4.74 Å². The lowest BCUT2D eigenvalue weighted by Crippen LogP contribution is -2.45. The summed E-state index contributed by atoms with van der Waals surface area (Å²) in [5.74, 6) is 0.818. The molecule has 0 fully saturated rings. The van der Waals surface area contributed by atoms with Gasteiger partial charge in [-0.3, -0.25) is 4.90 Å². The molecule has 16 heavy (non-hydrogen) atoms. The zero-order valence-electron chi connectivity index (χ0n) is 9.89. The molecule has 3 nitrogen and oxygen atoms in total. The van der Waals surface area contributed by atoms with Crippen LogP contribution in [0.25, 0.3) is 0 Å². The van der Waals surface area contributed by atoms with Crippen molar-refractivity contribution in [1.29, 1.82) is 0 Å². The predicted molar refractivity (Wildman–Crippen MR) is 63.6 cm³/mol. The quantitative estimate of drug-likeness (QED) is 0.845. The summed E-state index contributed by atoms with van der Waals surface area (Å²) in [7, 11) is 0. The Hall–Kier alpha value is -1.06. The third-order valence-electron chi connectivity index (χ3n) is 3.29. The van der Waals surface area contributed by atoms with Crippen molar-refractivity contribution in [2.24, 2.45) is 0 Å². The van der Waals surface area contributed by atoms with Crippen LogP contribution >= 0.6 is 0 Å². The molecule has 1 aliphatic rings. The highest BCUT2D eigenvalue weighted by atomic mass is 16.5. The van der Waals surface area contributed by atoms with E-state index in [1.165, 1.54) is 0 Å². The van der Waals surface area contributed by atoms with Gasteiger partial charge in [0.15, 0.2) is 0 Å². The maximum absolute atomic E-state index is 10.3. The smallest absolute Gasteiger partial charge is 0.125 e. The van der Waals surface area contributed by atoms with Crippen LogP contribution in [0.5, 0.6) is 5.75 Å². The molecule has 0 aromatic heterocycles. The number of hydrogen-bond donors (Lipinski definition) is 1. The van der Waals surface area contributed by atoms with Crippen molar-refractivity contribution in [3.05, 3.63) is 29.8 Å². The Labute approximate surface area is 96.6 Å². The van der Waals surface area contributed by atoms with E-state index < -0.39 is 6.10 Å². The van der Waals surface area contributed by atoms with Crippen LogP contribution in [0.3, 0.4) is 0 Å². The van der Waals surface area contributed by atoms with E-state index in [1.807, 2.05) is 24.3 Å². The van der Waals surface area contributed by atoms with Crippen LogP contribution in [0.2, 0.25) is 0 Å². The van der Waals surface area contributed by atoms with Crippen LogP contribution in [0.4, 0.5) is 0 Å². The van der Waals surface area contributed by atoms with E-state index in [1.54, 1.807) is 0 Å². The number of likely N-dealkylation sites (N-methyl/N-ethyl adjacent to an activating group) is 1. The van der Waals surface area contributed by atoms with Crippen LogP contribution in [0, 0.1) is 0 Å². The first-order valence-corrected chi connectivity index (χ1v) is 5.91. The molecule has 0 saturated heterocycles. The highest BCUT2D eigenvalue weighted by Crippen LogP contribution is 2.33. The monoisotopic (exact) mass is 221 g/mol. The van der Waals surface area contributed by atoms with Crippen molar-refractivity contribution in [2.45, 2.75) is 26.0 Å². The number of nitrogens with zero attached hydrogens (tertiary/aromatic N) is 1. The highest BCUT2D eigenvalue weighted by Gasteiger charge is 2.32. The molecule has 2 unspecified atom stereocenters. The summed E-state index contributed by atoms with van der Waals surface area (Å²) in [6, 6.07) is 7.80. The van der Waals surface area contributed by atoms with E-state index in [4.69, 9.17) is 4.74 Å². The van der Waals surface area contributed by atoms with Crippen molar-refractivity contribution in [1.82, 2.24) is 4.90 Å². The molecule has 2 atom stereocenters. The van der Waals surface area contributed by atoms with Crippen LogP contribution in [0.15, 0.2) is 24.3 Å². The highest BCUT2D eigenvalue weighted by molar-refractivity contribution is 5.37. The van der Waals surface area contributed by atoms with Gasteiger partial charge in [-0.2, -0.15) is 0 Å². The third kappa shape index (κ3) is 1.93. The van der Waals surface area contributed by atoms with Gasteiger partial charge in [0, 0.05) is 5.56 Å². The van der Waals surface area contributed by atoms with Crippen LogP contribution in [-0.4, -0.2) is 35.7 Å². The number of rotatable bonds is 3. The molecule has 0 saturated carbocycles. The Morgan fingerprint density at radius 1 is 1.31 bits per heavy atom. The first-order valence-electron chi connectivity index (χ1n) is 5.91. The fraction of sp³-hybridized carbons (Fsp3) is 0.538. The molecule has 1 N–H and O–H groups in total. The maximum atomic E-state index is 10.3. The molecule has 0 spiro atoms. The molecule has 1 heterocycles. The molecular weight excluding hydrogens is 202 g/mol. The van der Waals surface area contributed by atoms with Crippen LogP contribution in [-0.2, 0) is 0 Å². The zero-order chi connectivity index (χ0) is 11.5. The second-order valence-electron chi connectivity index (χ2n) is 4.08. The number of aliphatic hydroxyl groups is 1. The van der Waals surface area contributed by atoms with Crippen LogP contribution in [0.1, 0.15) is 25.5 Å². The molecular formula is C13H19NO2. The van der Waals surface area contributed by atoms with Crippen molar-refractivity contribution in [2.75, 3.05) is 19.7 Å². The standard InChI is InChI=1S/C13H19NO2/c1-3-14(4-2)11-9-16-12-8-6-5-7-10(12)13(11)15/h5-8,11,13,15H,3-4,9H2,1-2H3. The lowest BCUT2D eigenvalue weighted by Gasteiger charge is -2.37. The predicted octanol–water partition coefficient (Wildman–Crippen LogP) is 1.82. The molecule has 88 valence electrons. The van der Waals surface area contributed by atoms with Gasteiger partial charge in [0.05, 0.1) is 6.04 Å². The number of para-hydroxylation sites is 1. The lowest BCUT2D eigenvalue weighted by molar-refractivity contribution is 0.00789. The summed E-state index contributed by atoms with van der Waals surface area (Å²) < 4.78 is 5.69. The Balaban J connectivity index is 2.23. The Morgan fingerprint density at radius 3 is 2.69 bits per heavy atom. The van der Waals surface area contributed by atoms with E-state index in [2.05, 4.69) is 18.7 Å². The van der Waals surface area contributed by atoms with Gasteiger partial charge in [0.25, 0.3) is 0 Å². The first-order chi connectivity index (χ1) is 7.77. The third-order valence-corrected chi connectivity index (χ3v) is 3.29. The molecule has 1 aromatic rings. The van der Waals surface area contributed by atoms with Crippen molar-refractivity contribution in [3.8, 4) is 5.75 Å². The molecule has 2 rings (SSSR count). The lowest BCUT2D eigenvalue weighted by atomic mass is 9.98. The molecule has 0 aliphatic carbocycles. The Morgan fingerprint density at radius 2 is 2.00 bits per heavy atom. The van der Waals surface area contributed by atoms with Gasteiger partial charge in [0.1, 0.15) is 18.5 Å². The second kappa shape index (κ2) is 4.85. The van der Waals surface area contributed by atoms with Crippen molar-refractivity contribution in [3.63, 3.8) is 0 Å². The van der Waals surface area contributed by atoms with Gasteiger partial charge in [-0.05, 0) is 19.2 Å². The molecule has 0 bridgehead atoms. The van der Waals surface area contributed by atoms with Gasteiger partial charge in [-0.15, -0.1) is 0 Å². The largest absolute Gasteiger partial charge is 0.491 e. The average Bonchev–Trinajstić information content (AvgIpc) is 2.34. The second-order valence-corrected chi connectivity index (χ2v) is 4.08. The summed E-state index contributed by atoms with van der Waals surface area (Å²) in [4.78, 5) is 2.24. The molecule has 0 amide bonds. The summed E-state index contributed by atoms with van der Waals surface area (Å²) in [5.41, 5.74) is 0.908. The van der Waals surface area contributed by atoms with Gasteiger partial charge < -0.3 is 9.84 Å². The fourth-order valence-electron chi connectivity index (χ4n) is 2.33. The van der Waals surface area contributed by atoms with Crippen molar-refractivity contribution >= 4 is 0 Å². The van der Waals surface area contributed by atoms with Gasteiger partial charge in [0.2, 0.25) is 0 Å². The molecule has 1 aromatic carbocycles. The van der Waals surface area contributed by atoms with E-state index in [0.29, 0.717) is 6.61 Å². The van der Waals surface area contributed by atoms with Gasteiger partial charge >= 0.3 is 0 Å². The fourth-order valence-corrected chi connectivity index (χ4v) is 2.33. The van der Waals surface area contributed by atoms with E-state index in [0.717, 1.165) is 24.4 Å². The minimum absolute atomic E-state index is 0.0740. The maximum Gasteiger partial charge on any atom is 0.125 e. The number of hydrogen-bond acceptors (Lipinski definition) is 3. The number of benzene rings is 1. The number of aliphatic hydroxyl groups excluding tert-OH is 1. The summed E-state index contributed by atoms with van der Waals surface area (Å²) >= 11 is 0. The molecule has 1 aliphatic heterocycles. The summed E-state index contributed by atoms with van der Waals surface area (Å²) in [6.45, 7) is 6.65. The van der Waals surface area contributed by atoms with Gasteiger partial charge in [-0.25, -0.2) is 0 Å².